The van der Waals surface area contributed by atoms with Gasteiger partial charge in [0.2, 0.25) is 11.1 Å². The molecule has 3 N–H and O–H groups in total. The average Bonchev–Trinajstić information content (AvgIpc) is 2.94. The summed E-state index contributed by atoms with van der Waals surface area (Å²) in [6, 6.07) is 6.81. The number of carbonyl (C=O) groups excluding carboxylic acids is 1. The molecule has 0 unspecified atom stereocenters. The molecule has 1 aromatic heterocycles. The van der Waals surface area contributed by atoms with Gasteiger partial charge in [-0.05, 0) is 26.0 Å². The number of phenolic OH excluding ortho intramolecular Hbond substituents is 1. The molecule has 0 atom stereocenters. The van der Waals surface area contributed by atoms with Crippen LogP contribution in [0.15, 0.2) is 34.5 Å². The van der Waals surface area contributed by atoms with Crippen molar-refractivity contribution in [2.75, 3.05) is 11.2 Å². The van der Waals surface area contributed by atoms with E-state index in [1.54, 1.807) is 38.1 Å². The van der Waals surface area contributed by atoms with Gasteiger partial charge in [0.05, 0.1) is 18.1 Å². The molecule has 2 aromatic rings. The molecule has 0 radical (unpaired) electrons. The van der Waals surface area contributed by atoms with E-state index in [0.29, 0.717) is 16.7 Å². The number of anilines is 1. The lowest BCUT2D eigenvalue weighted by Crippen LogP contribution is -2.13. The van der Waals surface area contributed by atoms with Gasteiger partial charge in [0, 0.05) is 5.56 Å². The number of hydrazone groups is 1. The van der Waals surface area contributed by atoms with Crippen molar-refractivity contribution < 1.29 is 14.6 Å². The number of ether oxygens (including phenoxy) is 1. The fourth-order valence-electron chi connectivity index (χ4n) is 1.54. The van der Waals surface area contributed by atoms with Gasteiger partial charge >= 0.3 is 5.97 Å². The van der Waals surface area contributed by atoms with Crippen LogP contribution in [0.2, 0.25) is 0 Å². The lowest BCUT2D eigenvalue weighted by Gasteiger charge is -2.05. The summed E-state index contributed by atoms with van der Waals surface area (Å²) in [7, 11) is 0. The SMILES string of the molecule is CC(C)OC(=O)CSc1n[nH]c(N/N=C/c2ccccc2O)n1. The lowest BCUT2D eigenvalue weighted by molar-refractivity contribution is -0.144. The molecule has 1 aromatic carbocycles. The van der Waals surface area contributed by atoms with Crippen LogP contribution in [0.1, 0.15) is 19.4 Å². The monoisotopic (exact) mass is 335 g/mol. The lowest BCUT2D eigenvalue weighted by atomic mass is 10.2. The summed E-state index contributed by atoms with van der Waals surface area (Å²) in [5.74, 6) is 0.283. The summed E-state index contributed by atoms with van der Waals surface area (Å²) in [4.78, 5) is 15.5. The zero-order chi connectivity index (χ0) is 16.7. The highest BCUT2D eigenvalue weighted by Gasteiger charge is 2.09. The molecular weight excluding hydrogens is 318 g/mol. The topological polar surface area (TPSA) is 112 Å². The van der Waals surface area contributed by atoms with E-state index in [-0.39, 0.29) is 23.6 Å². The van der Waals surface area contributed by atoms with Crippen molar-refractivity contribution in [2.24, 2.45) is 5.10 Å². The maximum Gasteiger partial charge on any atom is 0.316 e. The number of nitrogens with zero attached hydrogens (tertiary/aromatic N) is 3. The van der Waals surface area contributed by atoms with Crippen LogP contribution in [0, 0.1) is 0 Å². The molecule has 0 aliphatic heterocycles. The van der Waals surface area contributed by atoms with Crippen LogP contribution in [0.3, 0.4) is 0 Å². The molecule has 0 saturated carbocycles. The molecule has 0 aliphatic rings. The number of hydrogen-bond donors (Lipinski definition) is 3. The van der Waals surface area contributed by atoms with Crippen molar-refractivity contribution in [3.63, 3.8) is 0 Å². The van der Waals surface area contributed by atoms with Crippen LogP contribution in [0.4, 0.5) is 5.95 Å². The second-order valence-corrected chi connectivity index (χ2v) is 5.67. The van der Waals surface area contributed by atoms with E-state index in [0.717, 1.165) is 11.8 Å². The molecule has 0 bridgehead atoms. The largest absolute Gasteiger partial charge is 0.507 e. The van der Waals surface area contributed by atoms with Crippen molar-refractivity contribution in [3.8, 4) is 5.75 Å². The molecule has 2 rings (SSSR count). The number of esters is 1. The molecule has 1 heterocycles. The number of hydrogen-bond acceptors (Lipinski definition) is 8. The predicted octanol–water partition coefficient (Wildman–Crippen LogP) is 2.00. The highest BCUT2D eigenvalue weighted by Crippen LogP contribution is 2.15. The second-order valence-electron chi connectivity index (χ2n) is 4.72. The third-order valence-electron chi connectivity index (χ3n) is 2.46. The van der Waals surface area contributed by atoms with E-state index < -0.39 is 0 Å². The molecule has 9 heteroatoms. The minimum absolute atomic E-state index is 0.135. The van der Waals surface area contributed by atoms with E-state index >= 15 is 0 Å². The van der Waals surface area contributed by atoms with Gasteiger partial charge in [-0.15, -0.1) is 5.10 Å². The Morgan fingerprint density at radius 1 is 1.52 bits per heavy atom. The number of aromatic hydroxyl groups is 1. The van der Waals surface area contributed by atoms with Crippen LogP contribution in [-0.2, 0) is 9.53 Å². The second kappa shape index (κ2) is 8.18. The first-order valence-electron chi connectivity index (χ1n) is 6.86. The van der Waals surface area contributed by atoms with Crippen molar-refractivity contribution in [2.45, 2.75) is 25.1 Å². The molecule has 23 heavy (non-hydrogen) atoms. The highest BCUT2D eigenvalue weighted by atomic mass is 32.2. The Morgan fingerprint density at radius 2 is 2.30 bits per heavy atom. The fourth-order valence-corrected chi connectivity index (χ4v) is 2.12. The smallest absolute Gasteiger partial charge is 0.316 e. The number of rotatable bonds is 7. The van der Waals surface area contributed by atoms with E-state index in [1.807, 2.05) is 0 Å². The predicted molar refractivity (Wildman–Crippen MR) is 87.7 cm³/mol. The number of carbonyl (C=O) groups is 1. The molecule has 122 valence electrons. The molecule has 8 nitrogen and oxygen atoms in total. The summed E-state index contributed by atoms with van der Waals surface area (Å²) in [6.07, 6.45) is 1.32. The van der Waals surface area contributed by atoms with Gasteiger partial charge in [-0.1, -0.05) is 23.9 Å². The molecule has 0 spiro atoms. The molecule has 0 aliphatic carbocycles. The standard InChI is InChI=1S/C14H17N5O3S/c1-9(2)22-12(21)8-23-14-16-13(18-19-14)17-15-7-10-5-3-4-6-11(10)20/h3-7,9,20H,8H2,1-2H3,(H2,16,17,18,19)/b15-7+. The maximum atomic E-state index is 11.4. The zero-order valence-electron chi connectivity index (χ0n) is 12.7. The van der Waals surface area contributed by atoms with E-state index in [1.165, 1.54) is 6.21 Å². The number of benzene rings is 1. The van der Waals surface area contributed by atoms with Gasteiger partial charge < -0.3 is 9.84 Å². The van der Waals surface area contributed by atoms with Crippen LogP contribution in [0.5, 0.6) is 5.75 Å². The Balaban J connectivity index is 1.83. The third-order valence-corrected chi connectivity index (χ3v) is 3.28. The Bertz CT molecular complexity index is 687. The number of phenols is 1. The third kappa shape index (κ3) is 5.62. The summed E-state index contributed by atoms with van der Waals surface area (Å²) in [5, 5.41) is 20.5. The summed E-state index contributed by atoms with van der Waals surface area (Å²) < 4.78 is 5.02. The number of thioether (sulfide) groups is 1. The summed E-state index contributed by atoms with van der Waals surface area (Å²) in [6.45, 7) is 3.58. The zero-order valence-corrected chi connectivity index (χ0v) is 13.5. The van der Waals surface area contributed by atoms with Crippen LogP contribution in [-0.4, -0.2) is 44.3 Å². The molecular formula is C14H17N5O3S. The normalized spacial score (nSPS) is 11.1. The Kier molecular flexibility index (Phi) is 5.98. The Morgan fingerprint density at radius 3 is 3.04 bits per heavy atom. The van der Waals surface area contributed by atoms with E-state index in [9.17, 15) is 9.90 Å². The quantitative estimate of drug-likeness (QED) is 0.307. The van der Waals surface area contributed by atoms with Gasteiger partial charge in [-0.3, -0.25) is 4.79 Å². The number of para-hydroxylation sites is 1. The molecule has 0 saturated heterocycles. The van der Waals surface area contributed by atoms with Gasteiger partial charge in [-0.25, -0.2) is 10.5 Å². The van der Waals surface area contributed by atoms with E-state index in [2.05, 4.69) is 25.7 Å². The van der Waals surface area contributed by atoms with Gasteiger partial charge in [0.1, 0.15) is 5.75 Å². The Labute approximate surface area is 137 Å². The first-order chi connectivity index (χ1) is 11.0. The van der Waals surface area contributed by atoms with Crippen LogP contribution < -0.4 is 5.43 Å². The fraction of sp³-hybridized carbons (Fsp3) is 0.286. The van der Waals surface area contributed by atoms with Crippen molar-refractivity contribution in [1.29, 1.82) is 0 Å². The summed E-state index contributed by atoms with van der Waals surface area (Å²) in [5.41, 5.74) is 3.23. The number of H-pyrrole nitrogens is 1. The van der Waals surface area contributed by atoms with Gasteiger partial charge in [-0.2, -0.15) is 10.1 Å². The van der Waals surface area contributed by atoms with Gasteiger partial charge in [0.25, 0.3) is 0 Å². The highest BCUT2D eigenvalue weighted by molar-refractivity contribution is 7.99. The average molecular weight is 335 g/mol. The number of nitrogens with one attached hydrogen (secondary N) is 2. The summed E-state index contributed by atoms with van der Waals surface area (Å²) >= 11 is 1.16. The van der Waals surface area contributed by atoms with Crippen molar-refractivity contribution in [3.05, 3.63) is 29.8 Å². The number of aromatic nitrogens is 3. The first kappa shape index (κ1) is 16.8. The Hall–Kier alpha value is -2.55. The van der Waals surface area contributed by atoms with Crippen molar-refractivity contribution >= 4 is 29.9 Å². The number of aromatic amines is 1. The minimum atomic E-state index is -0.318. The van der Waals surface area contributed by atoms with Crippen molar-refractivity contribution in [1.82, 2.24) is 15.2 Å². The molecule has 0 amide bonds. The van der Waals surface area contributed by atoms with Crippen LogP contribution >= 0.6 is 11.8 Å². The first-order valence-corrected chi connectivity index (χ1v) is 7.85. The maximum absolute atomic E-state index is 11.4. The van der Waals surface area contributed by atoms with E-state index in [4.69, 9.17) is 4.74 Å². The van der Waals surface area contributed by atoms with Crippen LogP contribution in [0.25, 0.3) is 0 Å². The molecule has 0 fully saturated rings. The van der Waals surface area contributed by atoms with Gasteiger partial charge in [0.15, 0.2) is 0 Å². The minimum Gasteiger partial charge on any atom is -0.507 e.